The molecule has 0 aliphatic heterocycles. The minimum atomic E-state index is -0.604. The highest BCUT2D eigenvalue weighted by molar-refractivity contribution is 5.94. The quantitative estimate of drug-likeness (QED) is 0.0233. The van der Waals surface area contributed by atoms with Crippen molar-refractivity contribution in [3.63, 3.8) is 0 Å². The number of aryl methyl sites for hydroxylation is 2. The minimum Gasteiger partial charge on any atom is -0.423 e. The Labute approximate surface area is 467 Å². The van der Waals surface area contributed by atoms with Crippen LogP contribution in [0.25, 0.3) is 22.3 Å². The second-order valence-electron chi connectivity index (χ2n) is 20.6. The number of ether oxygens (including phenoxy) is 4. The first-order valence-electron chi connectivity index (χ1n) is 28.9. The monoisotopic (exact) mass is 1060 g/mol. The highest BCUT2D eigenvalue weighted by Gasteiger charge is 2.17. The van der Waals surface area contributed by atoms with Gasteiger partial charge in [-0.3, -0.25) is 0 Å². The first kappa shape index (κ1) is 59.0. The predicted octanol–water partition coefficient (Wildman–Crippen LogP) is 19.0. The van der Waals surface area contributed by atoms with Crippen molar-refractivity contribution in [1.82, 2.24) is 0 Å². The van der Waals surface area contributed by atoms with Crippen LogP contribution in [0, 0.1) is 5.82 Å². The van der Waals surface area contributed by atoms with Crippen LogP contribution in [0.2, 0.25) is 0 Å². The molecule has 0 heterocycles. The summed E-state index contributed by atoms with van der Waals surface area (Å²) in [4.78, 5) is 51.9. The summed E-state index contributed by atoms with van der Waals surface area (Å²) in [5, 5.41) is 0. The Morgan fingerprint density at radius 3 is 0.823 bits per heavy atom. The zero-order chi connectivity index (χ0) is 55.4. The van der Waals surface area contributed by atoms with Gasteiger partial charge in [0.15, 0.2) is 0 Å². The normalized spacial score (nSPS) is 11.0. The maximum atomic E-state index is 16.1. The zero-order valence-corrected chi connectivity index (χ0v) is 46.3. The van der Waals surface area contributed by atoms with Crippen LogP contribution in [-0.2, 0) is 12.8 Å². The van der Waals surface area contributed by atoms with Crippen LogP contribution >= 0.6 is 0 Å². The lowest BCUT2D eigenvalue weighted by Gasteiger charge is -2.11. The Bertz CT molecular complexity index is 2760. The first-order valence-corrected chi connectivity index (χ1v) is 28.9. The maximum absolute atomic E-state index is 16.1. The summed E-state index contributed by atoms with van der Waals surface area (Å²) >= 11 is 0. The molecule has 0 bridgehead atoms. The fraction of sp³-hybridized carbons (Fsp3) is 0.343. The molecule has 79 heavy (non-hydrogen) atoms. The van der Waals surface area contributed by atoms with Crippen molar-refractivity contribution in [2.24, 2.45) is 0 Å². The van der Waals surface area contributed by atoms with Gasteiger partial charge in [0.05, 0.1) is 22.3 Å². The Kier molecular flexibility index (Phi) is 24.1. The molecule has 0 N–H and O–H groups in total. The molecular formula is C70H77FO8. The van der Waals surface area contributed by atoms with E-state index in [2.05, 4.69) is 13.8 Å². The standard InChI is InChI=1S/C70H77FO8/c1-3-5-7-9-11-13-15-17-19-21-24-52-28-32-56(33-29-52)67(72)78-62-48-40-58(41-49-62)69(74)76-60-44-36-54(37-45-60)64-26-23-27-65(66(64)71)55-38-46-61(47-39-55)77-70(75)59-42-50-63(51-43-59)79-68(73)57-34-30-53(31-35-57)25-22-20-18-16-14-12-10-8-6-4-2/h23,26-51H,3-22,24-25H2,1-2H3. The third-order valence-corrected chi connectivity index (χ3v) is 14.4. The van der Waals surface area contributed by atoms with Crippen LogP contribution in [0.3, 0.4) is 0 Å². The van der Waals surface area contributed by atoms with E-state index in [4.69, 9.17) is 18.9 Å². The lowest BCUT2D eigenvalue weighted by Crippen LogP contribution is -2.10. The molecule has 7 aromatic rings. The fourth-order valence-electron chi connectivity index (χ4n) is 9.61. The summed E-state index contributed by atoms with van der Waals surface area (Å²) in [5.74, 6) is -1.47. The van der Waals surface area contributed by atoms with Gasteiger partial charge in [-0.25, -0.2) is 23.6 Å². The second-order valence-corrected chi connectivity index (χ2v) is 20.6. The third kappa shape index (κ3) is 19.3. The number of hydrogen-bond acceptors (Lipinski definition) is 8. The molecule has 0 aliphatic rings. The molecule has 7 aromatic carbocycles. The van der Waals surface area contributed by atoms with Crippen LogP contribution in [-0.4, -0.2) is 23.9 Å². The molecule has 9 heteroatoms. The Morgan fingerprint density at radius 2 is 0.544 bits per heavy atom. The average Bonchev–Trinajstić information content (AvgIpc) is 3.50. The Hall–Kier alpha value is -7.65. The van der Waals surface area contributed by atoms with Gasteiger partial charge in [0.1, 0.15) is 28.8 Å². The van der Waals surface area contributed by atoms with Gasteiger partial charge in [-0.2, -0.15) is 0 Å². The SMILES string of the molecule is CCCCCCCCCCCCc1ccc(C(=O)Oc2ccc(C(=O)Oc3ccc(-c4cccc(-c5ccc(OC(=O)c6ccc(OC(=O)c7ccc(CCCCCCCCCCCC)cc7)cc6)cc5)c4F)cc3)cc2)cc1. The van der Waals surface area contributed by atoms with Gasteiger partial charge >= 0.3 is 23.9 Å². The molecule has 0 fully saturated rings. The van der Waals surface area contributed by atoms with Gasteiger partial charge in [0, 0.05) is 11.1 Å². The fourth-order valence-corrected chi connectivity index (χ4v) is 9.61. The van der Waals surface area contributed by atoms with Crippen LogP contribution in [0.5, 0.6) is 23.0 Å². The van der Waals surface area contributed by atoms with E-state index in [1.165, 1.54) is 151 Å². The van der Waals surface area contributed by atoms with E-state index >= 15 is 4.39 Å². The van der Waals surface area contributed by atoms with Crippen LogP contribution in [0.15, 0.2) is 164 Å². The summed E-state index contributed by atoms with van der Waals surface area (Å²) in [5.41, 5.74) is 5.67. The van der Waals surface area contributed by atoms with E-state index in [1.54, 1.807) is 115 Å². The van der Waals surface area contributed by atoms with Crippen LogP contribution in [0.1, 0.15) is 195 Å². The van der Waals surface area contributed by atoms with Crippen molar-refractivity contribution < 1.29 is 42.5 Å². The Balaban J connectivity index is 0.818. The summed E-state index contributed by atoms with van der Waals surface area (Å²) in [6, 6.07) is 45.6. The van der Waals surface area contributed by atoms with Gasteiger partial charge in [-0.1, -0.05) is 196 Å². The Morgan fingerprint density at radius 1 is 0.304 bits per heavy atom. The number of carbonyl (C=O) groups is 4. The van der Waals surface area contributed by atoms with Gasteiger partial charge in [-0.05, 0) is 145 Å². The molecule has 0 spiro atoms. The summed E-state index contributed by atoms with van der Waals surface area (Å²) < 4.78 is 38.6. The topological polar surface area (TPSA) is 105 Å². The summed E-state index contributed by atoms with van der Waals surface area (Å²) in [6.07, 6.45) is 27.9. The molecule has 412 valence electrons. The molecule has 0 radical (unpaired) electrons. The van der Waals surface area contributed by atoms with Gasteiger partial charge in [-0.15, -0.1) is 0 Å². The van der Waals surface area contributed by atoms with Gasteiger partial charge in [0.25, 0.3) is 0 Å². The molecule has 0 aromatic heterocycles. The number of benzene rings is 7. The van der Waals surface area contributed by atoms with E-state index in [9.17, 15) is 19.2 Å². The van der Waals surface area contributed by atoms with E-state index in [-0.39, 0.29) is 22.6 Å². The van der Waals surface area contributed by atoms with Gasteiger partial charge in [0.2, 0.25) is 0 Å². The molecule has 0 amide bonds. The number of carbonyl (C=O) groups excluding carboxylic acids is 4. The number of hydrogen-bond donors (Lipinski definition) is 0. The van der Waals surface area contributed by atoms with Crippen molar-refractivity contribution in [2.75, 3.05) is 0 Å². The van der Waals surface area contributed by atoms with Crippen molar-refractivity contribution in [1.29, 1.82) is 0 Å². The van der Waals surface area contributed by atoms with E-state index in [1.807, 2.05) is 24.3 Å². The van der Waals surface area contributed by atoms with Crippen LogP contribution < -0.4 is 18.9 Å². The van der Waals surface area contributed by atoms with Crippen molar-refractivity contribution in [3.05, 3.63) is 203 Å². The molecule has 8 nitrogen and oxygen atoms in total. The average molecular weight is 1070 g/mol. The summed E-state index contributed by atoms with van der Waals surface area (Å²) in [6.45, 7) is 4.50. The number of unbranched alkanes of at least 4 members (excludes halogenated alkanes) is 18. The van der Waals surface area contributed by atoms with Crippen molar-refractivity contribution in [3.8, 4) is 45.3 Å². The van der Waals surface area contributed by atoms with Crippen LogP contribution in [0.4, 0.5) is 4.39 Å². The van der Waals surface area contributed by atoms with Crippen molar-refractivity contribution in [2.45, 2.75) is 155 Å². The molecule has 0 aliphatic carbocycles. The summed E-state index contributed by atoms with van der Waals surface area (Å²) in [7, 11) is 0. The predicted molar refractivity (Wildman–Crippen MR) is 314 cm³/mol. The second kappa shape index (κ2) is 32.3. The van der Waals surface area contributed by atoms with E-state index in [0.29, 0.717) is 44.9 Å². The number of halogens is 1. The van der Waals surface area contributed by atoms with Crippen molar-refractivity contribution >= 4 is 23.9 Å². The zero-order valence-electron chi connectivity index (χ0n) is 46.3. The smallest absolute Gasteiger partial charge is 0.343 e. The molecule has 0 saturated carbocycles. The molecule has 7 rings (SSSR count). The van der Waals surface area contributed by atoms with Gasteiger partial charge < -0.3 is 18.9 Å². The first-order chi connectivity index (χ1) is 38.7. The maximum Gasteiger partial charge on any atom is 0.343 e. The molecular weight excluding hydrogens is 988 g/mol. The third-order valence-electron chi connectivity index (χ3n) is 14.4. The lowest BCUT2D eigenvalue weighted by atomic mass is 9.98. The highest BCUT2D eigenvalue weighted by Crippen LogP contribution is 2.33. The largest absolute Gasteiger partial charge is 0.423 e. The lowest BCUT2D eigenvalue weighted by molar-refractivity contribution is 0.0720. The molecule has 0 atom stereocenters. The van der Waals surface area contributed by atoms with E-state index < -0.39 is 29.7 Å². The van der Waals surface area contributed by atoms with E-state index in [0.717, 1.165) is 25.7 Å². The number of esters is 4. The highest BCUT2D eigenvalue weighted by atomic mass is 19.1. The minimum absolute atomic E-state index is 0.264. The molecule has 0 unspecified atom stereocenters. The molecule has 0 saturated heterocycles. The number of rotatable bonds is 32.